The third-order valence-electron chi connectivity index (χ3n) is 4.32. The molecule has 6 nitrogen and oxygen atoms in total. The summed E-state index contributed by atoms with van der Waals surface area (Å²) in [5.74, 6) is 1.84. The monoisotopic (exact) mass is 337 g/mol. The Kier molecular flexibility index (Phi) is 5.75. The summed E-state index contributed by atoms with van der Waals surface area (Å²) in [7, 11) is 0. The van der Waals surface area contributed by atoms with E-state index in [-0.39, 0.29) is 23.1 Å². The topological polar surface area (TPSA) is 65.6 Å². The molecule has 0 bridgehead atoms. The minimum absolute atomic E-state index is 0.146. The Hall–Kier alpha value is -1.31. The number of thioether (sulfide) groups is 1. The van der Waals surface area contributed by atoms with E-state index in [1.807, 2.05) is 16.7 Å². The number of aromatic amines is 1. The van der Waals surface area contributed by atoms with Crippen LogP contribution in [-0.4, -0.2) is 77.6 Å². The van der Waals surface area contributed by atoms with Crippen LogP contribution in [0, 0.1) is 0 Å². The molecule has 3 heterocycles. The lowest BCUT2D eigenvalue weighted by Gasteiger charge is -2.35. The van der Waals surface area contributed by atoms with Crippen molar-refractivity contribution in [2.45, 2.75) is 12.5 Å². The van der Waals surface area contributed by atoms with Crippen LogP contribution in [0.25, 0.3) is 0 Å². The van der Waals surface area contributed by atoms with Gasteiger partial charge >= 0.3 is 0 Å². The number of aromatic nitrogens is 1. The van der Waals surface area contributed by atoms with Crippen molar-refractivity contribution in [1.82, 2.24) is 14.8 Å². The van der Waals surface area contributed by atoms with Gasteiger partial charge in [0.1, 0.15) is 5.56 Å². The summed E-state index contributed by atoms with van der Waals surface area (Å²) in [5, 5.41) is 0. The number of pyridine rings is 1. The second kappa shape index (κ2) is 7.99. The van der Waals surface area contributed by atoms with Gasteiger partial charge in [-0.2, -0.15) is 11.8 Å². The number of nitrogens with one attached hydrogen (secondary N) is 1. The number of nitrogens with zero attached hydrogens (tertiary/aromatic N) is 2. The molecule has 0 spiro atoms. The first-order valence-corrected chi connectivity index (χ1v) is 9.27. The van der Waals surface area contributed by atoms with Crippen LogP contribution in [0.3, 0.4) is 0 Å². The number of H-pyrrole nitrogens is 1. The summed E-state index contributed by atoms with van der Waals surface area (Å²) in [5.41, 5.74) is -0.0640. The summed E-state index contributed by atoms with van der Waals surface area (Å²) in [6, 6.07) is 3.47. The number of rotatable bonds is 3. The van der Waals surface area contributed by atoms with Crippen molar-refractivity contribution in [1.29, 1.82) is 0 Å². The van der Waals surface area contributed by atoms with Gasteiger partial charge in [-0.25, -0.2) is 0 Å². The van der Waals surface area contributed by atoms with E-state index in [0.29, 0.717) is 0 Å². The van der Waals surface area contributed by atoms with Crippen LogP contribution in [0.1, 0.15) is 16.8 Å². The van der Waals surface area contributed by atoms with E-state index in [0.717, 1.165) is 57.3 Å². The van der Waals surface area contributed by atoms with Gasteiger partial charge in [0.05, 0.1) is 19.3 Å². The van der Waals surface area contributed by atoms with Crippen molar-refractivity contribution in [2.75, 3.05) is 50.9 Å². The van der Waals surface area contributed by atoms with Gasteiger partial charge in [-0.05, 0) is 24.3 Å². The maximum Gasteiger partial charge on any atom is 0.260 e. The Morgan fingerprint density at radius 3 is 2.96 bits per heavy atom. The maximum atomic E-state index is 12.9. The van der Waals surface area contributed by atoms with Crippen molar-refractivity contribution in [3.05, 3.63) is 34.2 Å². The highest BCUT2D eigenvalue weighted by Gasteiger charge is 2.29. The quantitative estimate of drug-likeness (QED) is 0.877. The van der Waals surface area contributed by atoms with Crippen LogP contribution in [0.5, 0.6) is 0 Å². The fourth-order valence-corrected chi connectivity index (χ4v) is 4.13. The molecule has 1 unspecified atom stereocenters. The number of hydrogen-bond donors (Lipinski definition) is 1. The van der Waals surface area contributed by atoms with Gasteiger partial charge in [0, 0.05) is 38.1 Å². The van der Waals surface area contributed by atoms with Gasteiger partial charge in [0.15, 0.2) is 0 Å². The summed E-state index contributed by atoms with van der Waals surface area (Å²) in [6.07, 6.45) is 2.53. The Bertz CT molecular complexity index is 586. The first-order chi connectivity index (χ1) is 11.3. The van der Waals surface area contributed by atoms with Crippen LogP contribution in [0.4, 0.5) is 0 Å². The van der Waals surface area contributed by atoms with Crippen LogP contribution < -0.4 is 5.56 Å². The van der Waals surface area contributed by atoms with Crippen molar-refractivity contribution in [2.24, 2.45) is 0 Å². The van der Waals surface area contributed by atoms with Gasteiger partial charge in [-0.3, -0.25) is 14.5 Å². The average Bonchev–Trinajstić information content (AvgIpc) is 2.81. The van der Waals surface area contributed by atoms with E-state index in [1.54, 1.807) is 18.3 Å². The predicted octanol–water partition coefficient (Wildman–Crippen LogP) is 0.655. The number of carbonyl (C=O) groups excluding carboxylic acids is 1. The largest absolute Gasteiger partial charge is 0.379 e. The molecule has 0 aliphatic carbocycles. The molecule has 7 heteroatoms. The standard InChI is InChI=1S/C16H23N3O3S/c20-15-14(3-1-4-17-15)16(21)19-5-2-10-23-12-13(19)11-18-6-8-22-9-7-18/h1,3-4,13H,2,5-12H2,(H,17,20). The number of ether oxygens (including phenoxy) is 1. The number of amides is 1. The molecule has 3 rings (SSSR count). The lowest BCUT2D eigenvalue weighted by atomic mass is 10.1. The summed E-state index contributed by atoms with van der Waals surface area (Å²) >= 11 is 1.90. The minimum atomic E-state index is -0.306. The molecule has 126 valence electrons. The normalized spacial score (nSPS) is 23.5. The minimum Gasteiger partial charge on any atom is -0.379 e. The van der Waals surface area contributed by atoms with E-state index in [4.69, 9.17) is 4.74 Å². The Morgan fingerprint density at radius 1 is 1.35 bits per heavy atom. The molecule has 2 aliphatic rings. The van der Waals surface area contributed by atoms with E-state index in [2.05, 4.69) is 9.88 Å². The summed E-state index contributed by atoms with van der Waals surface area (Å²) in [4.78, 5) is 31.7. The molecule has 2 saturated heterocycles. The second-order valence-electron chi connectivity index (χ2n) is 5.91. The van der Waals surface area contributed by atoms with Gasteiger partial charge in [0.2, 0.25) is 0 Å². The highest BCUT2D eigenvalue weighted by Crippen LogP contribution is 2.19. The van der Waals surface area contributed by atoms with E-state index >= 15 is 0 Å². The molecule has 1 amide bonds. The van der Waals surface area contributed by atoms with E-state index in [9.17, 15) is 9.59 Å². The average molecular weight is 337 g/mol. The van der Waals surface area contributed by atoms with Gasteiger partial charge in [-0.15, -0.1) is 0 Å². The third kappa shape index (κ3) is 4.16. The first-order valence-electron chi connectivity index (χ1n) is 8.12. The van der Waals surface area contributed by atoms with Crippen molar-refractivity contribution in [3.63, 3.8) is 0 Å². The number of hydrogen-bond acceptors (Lipinski definition) is 5. The van der Waals surface area contributed by atoms with Gasteiger partial charge in [0.25, 0.3) is 11.5 Å². The maximum absolute atomic E-state index is 12.9. The van der Waals surface area contributed by atoms with Crippen molar-refractivity contribution < 1.29 is 9.53 Å². The molecule has 1 atom stereocenters. The summed E-state index contributed by atoms with van der Waals surface area (Å²) < 4.78 is 5.40. The van der Waals surface area contributed by atoms with Gasteiger partial charge < -0.3 is 14.6 Å². The van der Waals surface area contributed by atoms with Crippen LogP contribution in [0.15, 0.2) is 23.1 Å². The van der Waals surface area contributed by atoms with E-state index < -0.39 is 0 Å². The highest BCUT2D eigenvalue weighted by atomic mass is 32.2. The molecule has 1 aromatic heterocycles. The van der Waals surface area contributed by atoms with Crippen molar-refractivity contribution in [3.8, 4) is 0 Å². The molecule has 0 saturated carbocycles. The fraction of sp³-hybridized carbons (Fsp3) is 0.625. The Morgan fingerprint density at radius 2 is 2.17 bits per heavy atom. The number of morpholine rings is 1. The van der Waals surface area contributed by atoms with Crippen LogP contribution in [0.2, 0.25) is 0 Å². The zero-order valence-electron chi connectivity index (χ0n) is 13.2. The molecule has 0 aromatic carbocycles. The third-order valence-corrected chi connectivity index (χ3v) is 5.52. The van der Waals surface area contributed by atoms with Crippen molar-refractivity contribution >= 4 is 17.7 Å². The molecule has 1 N–H and O–H groups in total. The van der Waals surface area contributed by atoms with Crippen LogP contribution >= 0.6 is 11.8 Å². The molecule has 2 aliphatic heterocycles. The lowest BCUT2D eigenvalue weighted by Crippen LogP contribution is -2.51. The molecular weight excluding hydrogens is 314 g/mol. The fourth-order valence-electron chi connectivity index (χ4n) is 3.07. The molecule has 23 heavy (non-hydrogen) atoms. The Balaban J connectivity index is 1.76. The van der Waals surface area contributed by atoms with Gasteiger partial charge in [-0.1, -0.05) is 0 Å². The highest BCUT2D eigenvalue weighted by molar-refractivity contribution is 7.99. The first kappa shape index (κ1) is 16.5. The zero-order chi connectivity index (χ0) is 16.1. The molecular formula is C16H23N3O3S. The number of carbonyl (C=O) groups is 1. The van der Waals surface area contributed by atoms with E-state index in [1.165, 1.54) is 0 Å². The zero-order valence-corrected chi connectivity index (χ0v) is 14.0. The SMILES string of the molecule is O=C(c1ccc[nH]c1=O)N1CCCSCC1CN1CCOCC1. The molecule has 1 aromatic rings. The molecule has 2 fully saturated rings. The smallest absolute Gasteiger partial charge is 0.260 e. The lowest BCUT2D eigenvalue weighted by molar-refractivity contribution is 0.0244. The predicted molar refractivity (Wildman–Crippen MR) is 91.1 cm³/mol. The Labute approximate surface area is 140 Å². The van der Waals surface area contributed by atoms with Crippen LogP contribution in [-0.2, 0) is 4.74 Å². The summed E-state index contributed by atoms with van der Waals surface area (Å²) in [6.45, 7) is 4.91. The molecule has 0 radical (unpaired) electrons. The second-order valence-corrected chi connectivity index (χ2v) is 7.06.